The fourth-order valence-corrected chi connectivity index (χ4v) is 10.7. The summed E-state index contributed by atoms with van der Waals surface area (Å²) in [6.45, 7) is 13.3. The highest BCUT2D eigenvalue weighted by Gasteiger charge is 2.25. The van der Waals surface area contributed by atoms with Crippen LogP contribution in [0.2, 0.25) is 0 Å². The van der Waals surface area contributed by atoms with Crippen LogP contribution in [-0.4, -0.2) is 92.9 Å². The second-order valence-corrected chi connectivity index (χ2v) is 22.6. The first-order valence-corrected chi connectivity index (χ1v) is 29.7. The molecule has 8 aromatic rings. The predicted molar refractivity (Wildman–Crippen MR) is 334 cm³/mol. The van der Waals surface area contributed by atoms with Crippen molar-refractivity contribution in [2.45, 2.75) is 180 Å². The van der Waals surface area contributed by atoms with Gasteiger partial charge in [0.15, 0.2) is 34.0 Å². The van der Waals surface area contributed by atoms with Gasteiger partial charge in [-0.25, -0.2) is 9.97 Å². The summed E-state index contributed by atoms with van der Waals surface area (Å²) >= 11 is 0. The number of hydrogen-bond donors (Lipinski definition) is 9. The molecule has 3 aliphatic carbocycles. The van der Waals surface area contributed by atoms with E-state index >= 15 is 0 Å². The number of amides is 1. The molecule has 0 aliphatic heterocycles. The number of carbonyl (C=O) groups excluding carboxylic acids is 1. The van der Waals surface area contributed by atoms with Gasteiger partial charge in [0.1, 0.15) is 0 Å². The first-order valence-electron chi connectivity index (χ1n) is 29.7. The second kappa shape index (κ2) is 30.0. The van der Waals surface area contributed by atoms with Crippen molar-refractivity contribution in [1.29, 1.82) is 0 Å². The number of aliphatic hydroxyl groups is 1. The van der Waals surface area contributed by atoms with Gasteiger partial charge in [-0.2, -0.15) is 19.9 Å². The number of nitrogens with two attached hydrogens (primary N) is 3. The molecule has 436 valence electrons. The zero-order valence-corrected chi connectivity index (χ0v) is 48.9. The predicted octanol–water partition coefficient (Wildman–Crippen LogP) is 11.1. The van der Waals surface area contributed by atoms with E-state index in [4.69, 9.17) is 42.2 Å². The minimum atomic E-state index is 0.0394. The number of anilines is 4. The molecule has 12 N–H and O–H groups in total. The van der Waals surface area contributed by atoms with Crippen LogP contribution in [0, 0.1) is 0 Å². The van der Waals surface area contributed by atoms with Crippen molar-refractivity contribution in [3.05, 3.63) is 133 Å². The molecule has 0 unspecified atom stereocenters. The third kappa shape index (κ3) is 17.3. The number of nitrogens with zero attached hydrogens (tertiary/aromatic N) is 8. The Hall–Kier alpha value is -7.51. The lowest BCUT2D eigenvalue weighted by Gasteiger charge is -2.29. The summed E-state index contributed by atoms with van der Waals surface area (Å²) < 4.78 is 4.18. The lowest BCUT2D eigenvalue weighted by molar-refractivity contribution is -0.119. The first kappa shape index (κ1) is 60.6. The van der Waals surface area contributed by atoms with Gasteiger partial charge in [-0.05, 0) is 145 Å². The maximum absolute atomic E-state index is 11.4. The summed E-state index contributed by atoms with van der Waals surface area (Å²) in [6.07, 6.45) is 16.2. The summed E-state index contributed by atoms with van der Waals surface area (Å²) in [5.41, 5.74) is 27.8. The van der Waals surface area contributed by atoms with E-state index in [0.717, 1.165) is 111 Å². The molecule has 0 saturated heterocycles. The zero-order valence-electron chi connectivity index (χ0n) is 48.9. The van der Waals surface area contributed by atoms with E-state index in [1.807, 2.05) is 24.8 Å². The fraction of sp³-hybridized carbons (Fsp3) is 0.453. The quantitative estimate of drug-likeness (QED) is 0.0462. The molecule has 3 fully saturated rings. The van der Waals surface area contributed by atoms with E-state index in [9.17, 15) is 4.79 Å². The fourth-order valence-electron chi connectivity index (χ4n) is 10.7. The molecule has 0 bridgehead atoms. The second-order valence-electron chi connectivity index (χ2n) is 22.6. The standard InChI is InChI=1S/C29H35N7O.C27H33N7.C6H14N2.C2H6O/c1-19(2)36-18-31-26-27(30-17-21-9-11-23(12-10-21)22-7-5-4-6-8-22)34-29(35-28(26)36)33-25-15-13-24(14-16-25)32-20(3)37;1-18(2)34-17-30-24-25(32-27(33-26(24)34)31-23-14-12-22(28)13-15-23)29-16-19-8-10-21(11-9-19)20-6-4-3-5-7-20;7-5-1-2-6(8)4-3-5;1-2-3/h4-12,18-19,24-25H,13-17H2,1-3H3,(H,32,37)(H2,30,33,34,35);3-11,17-18,22-23H,12-16,28H2,1-2H3,(H2,29,31,32,33);5-6H,1-4,7-8H2;3H,2H2,1H3. The van der Waals surface area contributed by atoms with Gasteiger partial charge in [0.2, 0.25) is 17.8 Å². The Morgan fingerprint density at radius 1 is 0.512 bits per heavy atom. The lowest BCUT2D eigenvalue weighted by atomic mass is 9.91. The topological polar surface area (TPSA) is 263 Å². The molecule has 4 aromatic carbocycles. The number of aromatic nitrogens is 8. The van der Waals surface area contributed by atoms with E-state index in [-0.39, 0.29) is 36.7 Å². The summed E-state index contributed by atoms with van der Waals surface area (Å²) in [6, 6.07) is 40.6. The number of imidazole rings is 2. The van der Waals surface area contributed by atoms with Crippen molar-refractivity contribution in [1.82, 2.24) is 44.4 Å². The number of nitrogens with one attached hydrogen (secondary N) is 5. The van der Waals surface area contributed by atoms with Crippen LogP contribution >= 0.6 is 0 Å². The van der Waals surface area contributed by atoms with Crippen LogP contribution in [-0.2, 0) is 17.9 Å². The summed E-state index contributed by atoms with van der Waals surface area (Å²) in [5, 5.41) is 24.7. The van der Waals surface area contributed by atoms with Crippen LogP contribution < -0.4 is 43.8 Å². The zero-order chi connectivity index (χ0) is 58.0. The van der Waals surface area contributed by atoms with Crippen molar-refractivity contribution in [2.75, 3.05) is 27.9 Å². The van der Waals surface area contributed by atoms with E-state index in [2.05, 4.69) is 170 Å². The Morgan fingerprint density at radius 3 is 1.20 bits per heavy atom. The average molecular weight is 1110 g/mol. The Kier molecular flexibility index (Phi) is 22.2. The largest absolute Gasteiger partial charge is 0.397 e. The van der Waals surface area contributed by atoms with E-state index < -0.39 is 0 Å². The molecular weight excluding hydrogens is 1020 g/mol. The van der Waals surface area contributed by atoms with Gasteiger partial charge in [0.05, 0.1) is 12.7 Å². The number of carbonyl (C=O) groups is 1. The molecular formula is C64H88N16O2. The monoisotopic (exact) mass is 1110 g/mol. The molecule has 3 aliphatic rings. The van der Waals surface area contributed by atoms with Crippen molar-refractivity contribution in [3.8, 4) is 22.3 Å². The third-order valence-electron chi connectivity index (χ3n) is 15.4. The van der Waals surface area contributed by atoms with Gasteiger partial charge in [-0.3, -0.25) is 4.79 Å². The van der Waals surface area contributed by atoms with Crippen molar-refractivity contribution in [3.63, 3.8) is 0 Å². The third-order valence-corrected chi connectivity index (χ3v) is 15.4. The molecule has 18 heteroatoms. The minimum absolute atomic E-state index is 0.0394. The lowest BCUT2D eigenvalue weighted by Crippen LogP contribution is -2.39. The Labute approximate surface area is 484 Å². The smallest absolute Gasteiger partial charge is 0.227 e. The van der Waals surface area contributed by atoms with Crippen LogP contribution in [0.5, 0.6) is 0 Å². The number of benzene rings is 4. The van der Waals surface area contributed by atoms with Crippen LogP contribution in [0.3, 0.4) is 0 Å². The summed E-state index contributed by atoms with van der Waals surface area (Å²) in [4.78, 5) is 40.0. The Morgan fingerprint density at radius 2 is 0.841 bits per heavy atom. The SMILES string of the molecule is CC(=O)NC1CCC(Nc2nc(NCc3ccc(-c4ccccc4)cc3)c3ncn(C(C)C)c3n2)CC1.CC(C)n1cnc2c(NCc3ccc(-c4ccccc4)cc3)nc(NC3CCC(N)CC3)nc21.CCO.NC1CCC(N)CC1. The number of hydrogen-bond acceptors (Lipinski definition) is 15. The van der Waals surface area contributed by atoms with Gasteiger partial charge in [-0.1, -0.05) is 109 Å². The normalized spacial score (nSPS) is 19.7. The van der Waals surface area contributed by atoms with E-state index in [1.165, 1.54) is 33.4 Å². The van der Waals surface area contributed by atoms with Crippen LogP contribution in [0.25, 0.3) is 44.6 Å². The highest BCUT2D eigenvalue weighted by molar-refractivity contribution is 5.85. The van der Waals surface area contributed by atoms with Gasteiger partial charge < -0.3 is 58.0 Å². The van der Waals surface area contributed by atoms with Gasteiger partial charge >= 0.3 is 0 Å². The van der Waals surface area contributed by atoms with Crippen molar-refractivity contribution in [2.24, 2.45) is 17.2 Å². The van der Waals surface area contributed by atoms with Crippen molar-refractivity contribution < 1.29 is 9.90 Å². The highest BCUT2D eigenvalue weighted by Crippen LogP contribution is 2.30. The average Bonchev–Trinajstić information content (AvgIpc) is 4.25. The maximum atomic E-state index is 11.4. The van der Waals surface area contributed by atoms with E-state index in [0.29, 0.717) is 49.2 Å². The van der Waals surface area contributed by atoms with Crippen LogP contribution in [0.1, 0.15) is 142 Å². The first-order chi connectivity index (χ1) is 39.7. The number of aliphatic hydroxyl groups excluding tert-OH is 1. The van der Waals surface area contributed by atoms with Crippen molar-refractivity contribution >= 4 is 51.8 Å². The summed E-state index contributed by atoms with van der Waals surface area (Å²) in [5.74, 6) is 2.78. The number of rotatable bonds is 15. The number of fused-ring (bicyclic) bond motifs is 2. The molecule has 4 heterocycles. The Bertz CT molecular complexity index is 3170. The molecule has 11 rings (SSSR count). The molecule has 0 spiro atoms. The summed E-state index contributed by atoms with van der Waals surface area (Å²) in [7, 11) is 0. The molecule has 82 heavy (non-hydrogen) atoms. The van der Waals surface area contributed by atoms with Gasteiger partial charge in [0, 0.05) is 75.0 Å². The van der Waals surface area contributed by atoms with E-state index in [1.54, 1.807) is 13.8 Å². The van der Waals surface area contributed by atoms with Gasteiger partial charge in [0.25, 0.3) is 0 Å². The van der Waals surface area contributed by atoms with Crippen LogP contribution in [0.4, 0.5) is 23.5 Å². The molecule has 3 saturated carbocycles. The minimum Gasteiger partial charge on any atom is -0.397 e. The Balaban J connectivity index is 0.000000182. The van der Waals surface area contributed by atoms with Gasteiger partial charge in [-0.15, -0.1) is 0 Å². The molecule has 0 atom stereocenters. The maximum Gasteiger partial charge on any atom is 0.227 e. The molecule has 0 radical (unpaired) electrons. The molecule has 4 aromatic heterocycles. The van der Waals surface area contributed by atoms with Crippen LogP contribution in [0.15, 0.2) is 122 Å². The molecule has 18 nitrogen and oxygen atoms in total. The highest BCUT2D eigenvalue weighted by atomic mass is 16.2. The molecule has 1 amide bonds.